The van der Waals surface area contributed by atoms with Crippen LogP contribution in [-0.2, 0) is 16.5 Å². The molecule has 0 spiro atoms. The van der Waals surface area contributed by atoms with Gasteiger partial charge in [0.25, 0.3) is 10.1 Å². The van der Waals surface area contributed by atoms with Crippen molar-refractivity contribution in [2.24, 2.45) is 0 Å². The first-order valence-electron chi connectivity index (χ1n) is 19.1. The van der Waals surface area contributed by atoms with E-state index in [-0.39, 0.29) is 54.3 Å². The normalized spacial score (nSPS) is 11.4. The van der Waals surface area contributed by atoms with Gasteiger partial charge in [0, 0.05) is 56.3 Å². The third-order valence-corrected chi connectivity index (χ3v) is 9.53. The fraction of sp³-hybridized carbons (Fsp3) is 0.220. The van der Waals surface area contributed by atoms with E-state index >= 15 is 0 Å². The number of aromatic nitrogens is 6. The van der Waals surface area contributed by atoms with Gasteiger partial charge in [-0.05, 0) is 60.1 Å². The minimum Gasteiger partial charge on any atom is -0.395 e. The zero-order chi connectivity index (χ0) is 42.2. The van der Waals surface area contributed by atoms with Gasteiger partial charge in [0.05, 0.1) is 13.2 Å². The van der Waals surface area contributed by atoms with E-state index in [2.05, 4.69) is 61.8 Å². The Kier molecular flexibility index (Phi) is 15.3. The van der Waals surface area contributed by atoms with E-state index in [0.717, 1.165) is 16.8 Å². The van der Waals surface area contributed by atoms with E-state index in [0.29, 0.717) is 55.5 Å². The average molecular weight is 834 g/mol. The van der Waals surface area contributed by atoms with E-state index in [1.54, 1.807) is 29.2 Å². The second-order valence-electron chi connectivity index (χ2n) is 13.2. The summed E-state index contributed by atoms with van der Waals surface area (Å²) < 4.78 is 35.5. The summed E-state index contributed by atoms with van der Waals surface area (Å²) in [6.07, 6.45) is 3.68. The van der Waals surface area contributed by atoms with Crippen molar-refractivity contribution in [3.8, 4) is 0 Å². The van der Waals surface area contributed by atoms with Crippen LogP contribution in [0.3, 0.4) is 0 Å². The summed E-state index contributed by atoms with van der Waals surface area (Å²) in [5.41, 5.74) is 3.76. The molecule has 0 saturated heterocycles. The monoisotopic (exact) mass is 833 g/mol. The number of hydrogen-bond donors (Lipinski definition) is 9. The van der Waals surface area contributed by atoms with Crippen LogP contribution in [0.4, 0.5) is 46.8 Å². The lowest BCUT2D eigenvalue weighted by Crippen LogP contribution is -2.32. The molecule has 9 N–H and O–H groups in total. The zero-order valence-corrected chi connectivity index (χ0v) is 33.6. The average Bonchev–Trinajstić information content (AvgIpc) is 3.24. The van der Waals surface area contributed by atoms with E-state index in [1.807, 2.05) is 92.0 Å². The third-order valence-electron chi connectivity index (χ3n) is 8.62. The Labute approximate surface area is 348 Å². The second kappa shape index (κ2) is 21.4. The van der Waals surface area contributed by atoms with Crippen molar-refractivity contribution in [3.05, 3.63) is 126 Å². The molecule has 0 aliphatic heterocycles. The van der Waals surface area contributed by atoms with Crippen LogP contribution in [0.5, 0.6) is 0 Å². The number of rotatable bonds is 22. The minimum atomic E-state index is -4.67. The van der Waals surface area contributed by atoms with Gasteiger partial charge in [-0.25, -0.2) is 0 Å². The van der Waals surface area contributed by atoms with E-state index in [9.17, 15) is 23.2 Å². The molecule has 312 valence electrons. The quantitative estimate of drug-likeness (QED) is 0.0201. The van der Waals surface area contributed by atoms with Gasteiger partial charge in [0.1, 0.15) is 10.7 Å². The Morgan fingerprint density at radius 3 is 1.90 bits per heavy atom. The number of nitrogens with zero attached hydrogens (tertiary/aromatic N) is 7. The van der Waals surface area contributed by atoms with Gasteiger partial charge in [-0.15, -0.1) is 0 Å². The SMILES string of the molecule is CNCNCCNc1nc(Nc2ccccc2)nc(Nc2ccc(/C=C/c3ccc(Nc4nc(Cc5ccccc5)nc(N(CCO)CCO)n4)cc3S(=O)(=O)O)cc2)n1. The van der Waals surface area contributed by atoms with Gasteiger partial charge in [-0.1, -0.05) is 78.9 Å². The van der Waals surface area contributed by atoms with Crippen molar-refractivity contribution >= 4 is 69.1 Å². The lowest BCUT2D eigenvalue weighted by molar-refractivity contribution is 0.280. The summed E-state index contributed by atoms with van der Waals surface area (Å²) in [5.74, 6) is 1.80. The lowest BCUT2D eigenvalue weighted by Gasteiger charge is -2.21. The van der Waals surface area contributed by atoms with Crippen molar-refractivity contribution in [3.63, 3.8) is 0 Å². The number of aliphatic hydroxyl groups is 2. The van der Waals surface area contributed by atoms with Crippen LogP contribution < -0.4 is 36.8 Å². The van der Waals surface area contributed by atoms with E-state index < -0.39 is 10.1 Å². The van der Waals surface area contributed by atoms with Crippen molar-refractivity contribution < 1.29 is 23.2 Å². The van der Waals surface area contributed by atoms with Crippen LogP contribution >= 0.6 is 0 Å². The highest BCUT2D eigenvalue weighted by atomic mass is 32.2. The Hall–Kier alpha value is -6.61. The maximum Gasteiger partial charge on any atom is 0.295 e. The molecule has 6 aromatic rings. The Balaban J connectivity index is 1.19. The highest BCUT2D eigenvalue weighted by Gasteiger charge is 2.18. The molecule has 2 aromatic heterocycles. The maximum atomic E-state index is 12.6. The summed E-state index contributed by atoms with van der Waals surface area (Å²) in [7, 11) is -2.81. The number of nitrogens with one attached hydrogen (secondary N) is 6. The topological polar surface area (TPSA) is 248 Å². The smallest absolute Gasteiger partial charge is 0.295 e. The van der Waals surface area contributed by atoms with E-state index in [1.165, 1.54) is 6.07 Å². The predicted octanol–water partition coefficient (Wildman–Crippen LogP) is 4.26. The molecule has 0 radical (unpaired) electrons. The van der Waals surface area contributed by atoms with Crippen LogP contribution in [-0.4, -0.2) is 106 Å². The molecular weight excluding hydrogens is 787 g/mol. The first-order valence-corrected chi connectivity index (χ1v) is 20.5. The number of anilines is 8. The van der Waals surface area contributed by atoms with E-state index in [4.69, 9.17) is 0 Å². The molecule has 0 aliphatic rings. The number of para-hydroxylation sites is 1. The zero-order valence-electron chi connectivity index (χ0n) is 32.8. The molecule has 18 nitrogen and oxygen atoms in total. The molecule has 0 amide bonds. The van der Waals surface area contributed by atoms with Gasteiger partial charge in [0.2, 0.25) is 29.7 Å². The molecule has 19 heteroatoms. The first-order chi connectivity index (χ1) is 29.2. The molecule has 60 heavy (non-hydrogen) atoms. The molecule has 4 aromatic carbocycles. The summed E-state index contributed by atoms with van der Waals surface area (Å²) in [5, 5.41) is 38.2. The van der Waals surface area contributed by atoms with Crippen LogP contribution in [0.1, 0.15) is 22.5 Å². The highest BCUT2D eigenvalue weighted by Crippen LogP contribution is 2.26. The van der Waals surface area contributed by atoms with Gasteiger partial charge in [0.15, 0.2) is 0 Å². The van der Waals surface area contributed by atoms with Crippen LogP contribution in [0.25, 0.3) is 12.2 Å². The van der Waals surface area contributed by atoms with Crippen molar-refractivity contribution in [2.75, 3.05) is 79.3 Å². The fourth-order valence-corrected chi connectivity index (χ4v) is 6.51. The summed E-state index contributed by atoms with van der Waals surface area (Å²) >= 11 is 0. The van der Waals surface area contributed by atoms with Crippen molar-refractivity contribution in [2.45, 2.75) is 11.3 Å². The Morgan fingerprint density at radius 1 is 0.650 bits per heavy atom. The number of hydrogen-bond acceptors (Lipinski definition) is 17. The molecule has 0 bridgehead atoms. The Bertz CT molecular complexity index is 2420. The lowest BCUT2D eigenvalue weighted by atomic mass is 10.1. The van der Waals surface area contributed by atoms with Gasteiger partial charge < -0.3 is 47.0 Å². The van der Waals surface area contributed by atoms with Gasteiger partial charge in [-0.3, -0.25) is 4.55 Å². The second-order valence-corrected chi connectivity index (χ2v) is 14.5. The maximum absolute atomic E-state index is 12.6. The molecule has 0 fully saturated rings. The molecule has 6 rings (SSSR count). The third kappa shape index (κ3) is 12.9. The molecule has 0 saturated carbocycles. The summed E-state index contributed by atoms with van der Waals surface area (Å²) in [6.45, 7) is 1.90. The molecule has 0 atom stereocenters. The van der Waals surface area contributed by atoms with Crippen molar-refractivity contribution in [1.29, 1.82) is 0 Å². The number of aliphatic hydroxyl groups excluding tert-OH is 2. The molecule has 0 aliphatic carbocycles. The van der Waals surface area contributed by atoms with Crippen molar-refractivity contribution in [1.82, 2.24) is 40.5 Å². The van der Waals surface area contributed by atoms with Gasteiger partial charge >= 0.3 is 0 Å². The van der Waals surface area contributed by atoms with Crippen LogP contribution in [0.2, 0.25) is 0 Å². The predicted molar refractivity (Wildman–Crippen MR) is 234 cm³/mol. The largest absolute Gasteiger partial charge is 0.395 e. The molecule has 0 unspecified atom stereocenters. The fourth-order valence-electron chi connectivity index (χ4n) is 5.80. The highest BCUT2D eigenvalue weighted by molar-refractivity contribution is 7.86. The van der Waals surface area contributed by atoms with Gasteiger partial charge in [-0.2, -0.15) is 38.3 Å². The first kappa shape index (κ1) is 43.0. The summed E-state index contributed by atoms with van der Waals surface area (Å²) in [4.78, 5) is 28.5. The Morgan fingerprint density at radius 2 is 1.25 bits per heavy atom. The molecular formula is C41H47N13O5S. The standard InChI is InChI=1S/C41H47N13O5S/c1-42-28-43-20-21-44-37-50-39(45-32-10-6-3-7-11-32)52-40(51-37)46-33-17-13-29(14-18-33)12-15-31-16-19-34(27-35(31)60(57,58)59)47-38-48-36(26-30-8-4-2-5-9-30)49-41(53-38)54(22-24-55)23-25-56/h2-19,27,42-43,55-56H,20-26,28H2,1H3,(H,57,58,59)(H,47,48,49,53)(H3,44,45,46,50,51,52)/b15-12+. The van der Waals surface area contributed by atoms with Crippen LogP contribution in [0.15, 0.2) is 108 Å². The number of benzene rings is 4. The summed E-state index contributed by atoms with van der Waals surface area (Å²) in [6, 6.07) is 31.0. The minimum absolute atomic E-state index is 0.107. The molecule has 2 heterocycles. The van der Waals surface area contributed by atoms with Crippen LogP contribution in [0, 0.1) is 0 Å².